The Kier molecular flexibility index (Phi) is 4.76. The van der Waals surface area contributed by atoms with Gasteiger partial charge in [-0.3, -0.25) is 0 Å². The summed E-state index contributed by atoms with van der Waals surface area (Å²) in [7, 11) is 3.04. The molecule has 1 saturated carbocycles. The van der Waals surface area contributed by atoms with Gasteiger partial charge in [-0.15, -0.1) is 0 Å². The normalized spacial score (nSPS) is 17.9. The standard InChI is InChI=1S/C15H21ClFNO2/c1-19-11-8-10(16)13(17)12(14(11)20-2)15(9-18)6-4-3-5-7-15/h8H,3-7,9,18H2,1-2H3. The average molecular weight is 302 g/mol. The van der Waals surface area contributed by atoms with Gasteiger partial charge in [0.2, 0.25) is 0 Å². The Bertz CT molecular complexity index is 487. The molecule has 1 aliphatic carbocycles. The molecule has 0 bridgehead atoms. The van der Waals surface area contributed by atoms with E-state index in [2.05, 4.69) is 0 Å². The maximum Gasteiger partial charge on any atom is 0.167 e. The van der Waals surface area contributed by atoms with E-state index in [9.17, 15) is 4.39 Å². The molecular formula is C15H21ClFNO2. The molecule has 5 heteroatoms. The number of rotatable bonds is 4. The molecule has 0 unspecified atom stereocenters. The molecular weight excluding hydrogens is 281 g/mol. The number of methoxy groups -OCH3 is 2. The molecule has 0 heterocycles. The summed E-state index contributed by atoms with van der Waals surface area (Å²) < 4.78 is 25.3. The molecule has 3 nitrogen and oxygen atoms in total. The van der Waals surface area contributed by atoms with E-state index in [1.54, 1.807) is 0 Å². The van der Waals surface area contributed by atoms with Crippen LogP contribution in [0.1, 0.15) is 37.7 Å². The van der Waals surface area contributed by atoms with Gasteiger partial charge in [0.1, 0.15) is 5.82 Å². The minimum Gasteiger partial charge on any atom is -0.493 e. The summed E-state index contributed by atoms with van der Waals surface area (Å²) in [6.45, 7) is 0.379. The van der Waals surface area contributed by atoms with Gasteiger partial charge in [0.25, 0.3) is 0 Å². The van der Waals surface area contributed by atoms with Crippen LogP contribution in [0.25, 0.3) is 0 Å². The molecule has 0 atom stereocenters. The monoisotopic (exact) mass is 301 g/mol. The first-order valence-electron chi connectivity index (χ1n) is 6.90. The molecule has 0 spiro atoms. The number of halogens is 2. The molecule has 0 saturated heterocycles. The molecule has 2 rings (SSSR count). The van der Waals surface area contributed by atoms with Gasteiger partial charge < -0.3 is 15.2 Å². The lowest BCUT2D eigenvalue weighted by Gasteiger charge is -2.38. The van der Waals surface area contributed by atoms with Crippen molar-refractivity contribution in [1.82, 2.24) is 0 Å². The predicted molar refractivity (Wildman–Crippen MR) is 78.3 cm³/mol. The fourth-order valence-corrected chi connectivity index (χ4v) is 3.39. The van der Waals surface area contributed by atoms with Crippen LogP contribution in [-0.2, 0) is 5.41 Å². The fraction of sp³-hybridized carbons (Fsp3) is 0.600. The minimum atomic E-state index is -0.434. The molecule has 1 fully saturated rings. The summed E-state index contributed by atoms with van der Waals surface area (Å²) in [6, 6.07) is 1.45. The summed E-state index contributed by atoms with van der Waals surface area (Å²) in [4.78, 5) is 0. The second-order valence-electron chi connectivity index (χ2n) is 5.33. The van der Waals surface area contributed by atoms with Crippen LogP contribution in [0.4, 0.5) is 4.39 Å². The van der Waals surface area contributed by atoms with Gasteiger partial charge >= 0.3 is 0 Å². The van der Waals surface area contributed by atoms with E-state index in [0.717, 1.165) is 32.1 Å². The Morgan fingerprint density at radius 2 is 1.90 bits per heavy atom. The Morgan fingerprint density at radius 1 is 1.25 bits per heavy atom. The number of nitrogens with two attached hydrogens (primary N) is 1. The van der Waals surface area contributed by atoms with E-state index in [1.165, 1.54) is 20.3 Å². The van der Waals surface area contributed by atoms with Crippen molar-refractivity contribution in [1.29, 1.82) is 0 Å². The number of ether oxygens (including phenoxy) is 2. The SMILES string of the molecule is COc1cc(Cl)c(F)c(C2(CN)CCCCC2)c1OC. The highest BCUT2D eigenvalue weighted by Crippen LogP contribution is 2.48. The number of hydrogen-bond donors (Lipinski definition) is 1. The second-order valence-corrected chi connectivity index (χ2v) is 5.74. The Hall–Kier alpha value is -1.00. The van der Waals surface area contributed by atoms with E-state index in [0.29, 0.717) is 23.6 Å². The molecule has 0 amide bonds. The van der Waals surface area contributed by atoms with Gasteiger partial charge in [0.15, 0.2) is 11.5 Å². The van der Waals surface area contributed by atoms with Crippen LogP contribution >= 0.6 is 11.6 Å². The van der Waals surface area contributed by atoms with Crippen LogP contribution in [-0.4, -0.2) is 20.8 Å². The van der Waals surface area contributed by atoms with Crippen LogP contribution in [0.5, 0.6) is 11.5 Å². The number of benzene rings is 1. The van der Waals surface area contributed by atoms with Gasteiger partial charge in [-0.2, -0.15) is 0 Å². The third-order valence-corrected chi connectivity index (χ3v) is 4.57. The van der Waals surface area contributed by atoms with Gasteiger partial charge in [0, 0.05) is 23.6 Å². The largest absolute Gasteiger partial charge is 0.493 e. The van der Waals surface area contributed by atoms with Crippen LogP contribution in [0.3, 0.4) is 0 Å². The lowest BCUT2D eigenvalue weighted by molar-refractivity contribution is 0.271. The van der Waals surface area contributed by atoms with Crippen molar-refractivity contribution in [3.8, 4) is 11.5 Å². The van der Waals surface area contributed by atoms with E-state index < -0.39 is 11.2 Å². The molecule has 112 valence electrons. The van der Waals surface area contributed by atoms with Crippen molar-refractivity contribution in [3.05, 3.63) is 22.5 Å². The van der Waals surface area contributed by atoms with Gasteiger partial charge in [-0.05, 0) is 12.8 Å². The van der Waals surface area contributed by atoms with Crippen molar-refractivity contribution >= 4 is 11.6 Å². The van der Waals surface area contributed by atoms with Crippen LogP contribution in [0, 0.1) is 5.82 Å². The molecule has 0 radical (unpaired) electrons. The van der Waals surface area contributed by atoms with Gasteiger partial charge in [0.05, 0.1) is 19.2 Å². The first kappa shape index (κ1) is 15.4. The quantitative estimate of drug-likeness (QED) is 0.923. The smallest absolute Gasteiger partial charge is 0.167 e. The average Bonchev–Trinajstić information content (AvgIpc) is 2.49. The Morgan fingerprint density at radius 3 is 2.40 bits per heavy atom. The maximum atomic E-state index is 14.7. The Balaban J connectivity index is 2.66. The summed E-state index contributed by atoms with van der Waals surface area (Å²) in [5.41, 5.74) is 6.07. The van der Waals surface area contributed by atoms with Gasteiger partial charge in [-0.1, -0.05) is 30.9 Å². The molecule has 1 aliphatic rings. The molecule has 2 N–H and O–H groups in total. The van der Waals surface area contributed by atoms with Crippen molar-refractivity contribution in [2.75, 3.05) is 20.8 Å². The van der Waals surface area contributed by atoms with Crippen molar-refractivity contribution in [2.24, 2.45) is 5.73 Å². The topological polar surface area (TPSA) is 44.5 Å². The summed E-state index contributed by atoms with van der Waals surface area (Å²) in [5.74, 6) is 0.436. The second kappa shape index (κ2) is 6.19. The highest BCUT2D eigenvalue weighted by atomic mass is 35.5. The van der Waals surface area contributed by atoms with Crippen molar-refractivity contribution in [2.45, 2.75) is 37.5 Å². The van der Waals surface area contributed by atoms with Gasteiger partial charge in [-0.25, -0.2) is 4.39 Å². The zero-order chi connectivity index (χ0) is 14.8. The zero-order valence-electron chi connectivity index (χ0n) is 12.0. The maximum absolute atomic E-state index is 14.7. The Labute approximate surface area is 124 Å². The fourth-order valence-electron chi connectivity index (χ4n) is 3.20. The first-order chi connectivity index (χ1) is 9.59. The van der Waals surface area contributed by atoms with E-state index in [1.807, 2.05) is 0 Å². The lowest BCUT2D eigenvalue weighted by atomic mass is 9.69. The minimum absolute atomic E-state index is 0.0519. The third-order valence-electron chi connectivity index (χ3n) is 4.29. The zero-order valence-corrected chi connectivity index (χ0v) is 12.7. The molecule has 1 aromatic rings. The van der Waals surface area contributed by atoms with E-state index >= 15 is 0 Å². The molecule has 0 aromatic heterocycles. The third kappa shape index (κ3) is 2.47. The van der Waals surface area contributed by atoms with Crippen LogP contribution in [0.15, 0.2) is 6.07 Å². The van der Waals surface area contributed by atoms with Crippen LogP contribution < -0.4 is 15.2 Å². The lowest BCUT2D eigenvalue weighted by Crippen LogP contribution is -2.38. The highest BCUT2D eigenvalue weighted by Gasteiger charge is 2.39. The van der Waals surface area contributed by atoms with Crippen molar-refractivity contribution < 1.29 is 13.9 Å². The summed E-state index contributed by atoms with van der Waals surface area (Å²) in [6.07, 6.45) is 4.92. The summed E-state index contributed by atoms with van der Waals surface area (Å²) >= 11 is 6.01. The van der Waals surface area contributed by atoms with Crippen molar-refractivity contribution in [3.63, 3.8) is 0 Å². The summed E-state index contributed by atoms with van der Waals surface area (Å²) in [5, 5.41) is 0.0519. The molecule has 1 aromatic carbocycles. The molecule has 20 heavy (non-hydrogen) atoms. The van der Waals surface area contributed by atoms with E-state index in [-0.39, 0.29) is 5.02 Å². The number of hydrogen-bond acceptors (Lipinski definition) is 3. The highest BCUT2D eigenvalue weighted by molar-refractivity contribution is 6.31. The van der Waals surface area contributed by atoms with E-state index in [4.69, 9.17) is 26.8 Å². The molecule has 0 aliphatic heterocycles. The van der Waals surface area contributed by atoms with Crippen LogP contribution in [0.2, 0.25) is 5.02 Å². The predicted octanol–water partition coefficient (Wildman–Crippen LogP) is 3.66. The first-order valence-corrected chi connectivity index (χ1v) is 7.28.